The molecule has 1 aromatic heterocycles. The van der Waals surface area contributed by atoms with Crippen molar-refractivity contribution in [3.63, 3.8) is 0 Å². The zero-order chi connectivity index (χ0) is 20.3. The van der Waals surface area contributed by atoms with Crippen LogP contribution in [-0.2, 0) is 16.0 Å². The molecule has 1 saturated heterocycles. The number of guanidine groups is 1. The van der Waals surface area contributed by atoms with Crippen molar-refractivity contribution < 1.29 is 13.9 Å². The van der Waals surface area contributed by atoms with Crippen molar-refractivity contribution in [2.45, 2.75) is 45.8 Å². The molecule has 7 heteroatoms. The molecular weight excluding hydrogens is 368 g/mol. The van der Waals surface area contributed by atoms with E-state index in [1.807, 2.05) is 19.1 Å². The first-order valence-electron chi connectivity index (χ1n) is 10.5. The summed E-state index contributed by atoms with van der Waals surface area (Å²) in [4.78, 5) is 9.14. The zero-order valence-electron chi connectivity index (χ0n) is 17.4. The van der Waals surface area contributed by atoms with Crippen LogP contribution in [0.3, 0.4) is 0 Å². The fourth-order valence-electron chi connectivity index (χ4n) is 3.08. The topological polar surface area (TPSA) is 80.9 Å². The minimum Gasteiger partial charge on any atom is -0.444 e. The van der Waals surface area contributed by atoms with Crippen LogP contribution in [0, 0.1) is 6.92 Å². The van der Waals surface area contributed by atoms with Crippen LogP contribution in [0.1, 0.15) is 37.4 Å². The highest BCUT2D eigenvalue weighted by Crippen LogP contribution is 2.19. The van der Waals surface area contributed by atoms with E-state index in [9.17, 15) is 0 Å². The molecule has 2 aromatic rings. The average molecular weight is 401 g/mol. The Balaban J connectivity index is 1.40. The number of aliphatic imine (C=N–C) groups is 1. The molecule has 1 atom stereocenters. The second kappa shape index (κ2) is 11.6. The fourth-order valence-corrected chi connectivity index (χ4v) is 3.08. The average Bonchev–Trinajstić information content (AvgIpc) is 3.41. The summed E-state index contributed by atoms with van der Waals surface area (Å²) in [6.45, 7) is 8.45. The molecule has 0 bridgehead atoms. The molecule has 3 rings (SSSR count). The molecule has 7 nitrogen and oxygen atoms in total. The van der Waals surface area contributed by atoms with Gasteiger partial charge in [0.1, 0.15) is 12.0 Å². The van der Waals surface area contributed by atoms with Crippen LogP contribution in [-0.4, -0.2) is 50.0 Å². The van der Waals surface area contributed by atoms with E-state index < -0.39 is 0 Å². The number of ether oxygens (including phenoxy) is 2. The summed E-state index contributed by atoms with van der Waals surface area (Å²) in [6.07, 6.45) is 5.13. The van der Waals surface area contributed by atoms with Crippen LogP contribution < -0.4 is 10.6 Å². The zero-order valence-corrected chi connectivity index (χ0v) is 17.4. The third kappa shape index (κ3) is 7.18. The van der Waals surface area contributed by atoms with E-state index in [0.717, 1.165) is 62.8 Å². The van der Waals surface area contributed by atoms with Gasteiger partial charge in [-0.1, -0.05) is 17.7 Å². The summed E-state index contributed by atoms with van der Waals surface area (Å²) >= 11 is 0. The lowest BCUT2D eigenvalue weighted by Gasteiger charge is -2.12. The fraction of sp³-hybridized carbons (Fsp3) is 0.545. The van der Waals surface area contributed by atoms with Gasteiger partial charge in [-0.25, -0.2) is 9.98 Å². The second-order valence-electron chi connectivity index (χ2n) is 7.20. The molecular formula is C22H32N4O3. The van der Waals surface area contributed by atoms with E-state index in [-0.39, 0.29) is 6.10 Å². The Morgan fingerprint density at radius 1 is 1.28 bits per heavy atom. The van der Waals surface area contributed by atoms with Crippen LogP contribution in [0.15, 0.2) is 39.9 Å². The van der Waals surface area contributed by atoms with Crippen LogP contribution in [0.5, 0.6) is 0 Å². The highest BCUT2D eigenvalue weighted by molar-refractivity contribution is 5.79. The van der Waals surface area contributed by atoms with Crippen molar-refractivity contribution in [1.82, 2.24) is 15.6 Å². The third-order valence-electron chi connectivity index (χ3n) is 4.68. The Hall–Kier alpha value is -2.38. The summed E-state index contributed by atoms with van der Waals surface area (Å²) in [5.41, 5.74) is 2.99. The number of aromatic nitrogens is 1. The SMILES string of the molecule is CCNC(=NCc1coc(-c2ccc(C)cc2)n1)NCCCOCC1CCCO1. The smallest absolute Gasteiger partial charge is 0.226 e. The van der Waals surface area contributed by atoms with E-state index in [2.05, 4.69) is 39.7 Å². The quantitative estimate of drug-likeness (QED) is 0.362. The third-order valence-corrected chi connectivity index (χ3v) is 4.68. The molecule has 0 aliphatic carbocycles. The lowest BCUT2D eigenvalue weighted by molar-refractivity contribution is 0.0168. The maximum Gasteiger partial charge on any atom is 0.226 e. The van der Waals surface area contributed by atoms with E-state index in [1.165, 1.54) is 5.56 Å². The van der Waals surface area contributed by atoms with Crippen molar-refractivity contribution in [3.8, 4) is 11.5 Å². The minimum absolute atomic E-state index is 0.286. The van der Waals surface area contributed by atoms with Gasteiger partial charge in [-0.2, -0.15) is 0 Å². The number of aryl methyl sites for hydroxylation is 1. The molecule has 1 aliphatic heterocycles. The molecule has 2 N–H and O–H groups in total. The molecule has 29 heavy (non-hydrogen) atoms. The van der Waals surface area contributed by atoms with Crippen molar-refractivity contribution in [1.29, 1.82) is 0 Å². The number of hydrogen-bond donors (Lipinski definition) is 2. The van der Waals surface area contributed by atoms with Gasteiger partial charge in [-0.15, -0.1) is 0 Å². The number of rotatable bonds is 10. The number of nitrogens with zero attached hydrogens (tertiary/aromatic N) is 2. The van der Waals surface area contributed by atoms with E-state index in [1.54, 1.807) is 6.26 Å². The number of nitrogens with one attached hydrogen (secondary N) is 2. The first-order valence-corrected chi connectivity index (χ1v) is 10.5. The van der Waals surface area contributed by atoms with Gasteiger partial charge >= 0.3 is 0 Å². The van der Waals surface area contributed by atoms with Crippen molar-refractivity contribution in [2.24, 2.45) is 4.99 Å². The molecule has 0 saturated carbocycles. The van der Waals surface area contributed by atoms with Crippen molar-refractivity contribution >= 4 is 5.96 Å². The summed E-state index contributed by atoms with van der Waals surface area (Å²) in [5.74, 6) is 1.39. The van der Waals surface area contributed by atoms with Crippen molar-refractivity contribution in [2.75, 3.05) is 32.9 Å². The molecule has 1 aliphatic rings. The van der Waals surface area contributed by atoms with E-state index in [4.69, 9.17) is 13.9 Å². The minimum atomic E-state index is 0.286. The molecule has 1 unspecified atom stereocenters. The predicted octanol–water partition coefficient (Wildman–Crippen LogP) is 3.29. The molecule has 0 spiro atoms. The second-order valence-corrected chi connectivity index (χ2v) is 7.20. The Morgan fingerprint density at radius 3 is 2.90 bits per heavy atom. The van der Waals surface area contributed by atoms with Crippen LogP contribution in [0.2, 0.25) is 0 Å². The standard InChI is InChI=1S/C22H32N4O3/c1-3-23-22(24-11-5-12-27-16-20-6-4-13-28-20)25-14-19-15-29-21(26-19)18-9-7-17(2)8-10-18/h7-10,15,20H,3-6,11-14,16H2,1-2H3,(H2,23,24,25). The van der Waals surface area contributed by atoms with Crippen LogP contribution in [0.25, 0.3) is 11.5 Å². The van der Waals surface area contributed by atoms with Gasteiger partial charge in [0.05, 0.1) is 19.3 Å². The lowest BCUT2D eigenvalue weighted by atomic mass is 10.1. The molecule has 1 aromatic carbocycles. The summed E-state index contributed by atoms with van der Waals surface area (Å²) in [7, 11) is 0. The molecule has 0 radical (unpaired) electrons. The van der Waals surface area contributed by atoms with E-state index >= 15 is 0 Å². The van der Waals surface area contributed by atoms with Crippen molar-refractivity contribution in [3.05, 3.63) is 41.8 Å². The van der Waals surface area contributed by atoms with Crippen LogP contribution in [0.4, 0.5) is 0 Å². The first-order chi connectivity index (χ1) is 14.2. The molecule has 2 heterocycles. The summed E-state index contributed by atoms with van der Waals surface area (Å²) in [5, 5.41) is 6.59. The number of hydrogen-bond acceptors (Lipinski definition) is 5. The number of oxazole rings is 1. The largest absolute Gasteiger partial charge is 0.444 e. The van der Waals surface area contributed by atoms with Gasteiger partial charge < -0.3 is 24.5 Å². The molecule has 1 fully saturated rings. The highest BCUT2D eigenvalue weighted by Gasteiger charge is 2.14. The van der Waals surface area contributed by atoms with Gasteiger partial charge in [0.2, 0.25) is 5.89 Å². The Morgan fingerprint density at radius 2 is 2.14 bits per heavy atom. The molecule has 0 amide bonds. The monoisotopic (exact) mass is 400 g/mol. The normalized spacial score (nSPS) is 16.9. The maximum absolute atomic E-state index is 5.69. The first kappa shape index (κ1) is 21.3. The van der Waals surface area contributed by atoms with Crippen LogP contribution >= 0.6 is 0 Å². The van der Waals surface area contributed by atoms with E-state index in [0.29, 0.717) is 19.0 Å². The van der Waals surface area contributed by atoms with Gasteiger partial charge in [-0.3, -0.25) is 0 Å². The summed E-state index contributed by atoms with van der Waals surface area (Å²) < 4.78 is 16.9. The van der Waals surface area contributed by atoms with Gasteiger partial charge in [0.25, 0.3) is 0 Å². The maximum atomic E-state index is 5.69. The predicted molar refractivity (Wildman–Crippen MR) is 114 cm³/mol. The lowest BCUT2D eigenvalue weighted by Crippen LogP contribution is -2.38. The highest BCUT2D eigenvalue weighted by atomic mass is 16.5. The Kier molecular flexibility index (Phi) is 8.52. The Labute approximate surface area is 172 Å². The summed E-state index contributed by atoms with van der Waals surface area (Å²) in [6, 6.07) is 8.13. The Bertz CT molecular complexity index is 752. The van der Waals surface area contributed by atoms with Gasteiger partial charge in [0, 0.05) is 31.9 Å². The van der Waals surface area contributed by atoms with Gasteiger partial charge in [-0.05, 0) is 45.2 Å². The number of benzene rings is 1. The van der Waals surface area contributed by atoms with Gasteiger partial charge in [0.15, 0.2) is 5.96 Å². The molecule has 158 valence electrons.